The SMILES string of the molecule is COc1cccc(CN2CCN(c3ncc(C)c(N)n3)CC2CCO)c1. The number of aromatic nitrogens is 2. The van der Waals surface area contributed by atoms with Gasteiger partial charge in [-0.05, 0) is 31.0 Å². The molecule has 3 rings (SSSR count). The quantitative estimate of drug-likeness (QED) is 0.809. The molecule has 1 atom stereocenters. The van der Waals surface area contributed by atoms with Gasteiger partial charge in [-0.3, -0.25) is 4.90 Å². The molecule has 0 spiro atoms. The molecule has 1 saturated heterocycles. The predicted molar refractivity (Wildman–Crippen MR) is 102 cm³/mol. The minimum Gasteiger partial charge on any atom is -0.497 e. The lowest BCUT2D eigenvalue weighted by Crippen LogP contribution is -2.53. The standard InChI is InChI=1S/C19H27N5O2/c1-14-11-21-19(22-18(14)20)24-8-7-23(16(13-24)6-9-25)12-15-4-3-5-17(10-15)26-2/h3-5,10-11,16,25H,6-9,12-13H2,1-2H3,(H2,20,21,22). The van der Waals surface area contributed by atoms with E-state index in [-0.39, 0.29) is 12.6 Å². The molecule has 0 aliphatic carbocycles. The molecule has 140 valence electrons. The maximum Gasteiger partial charge on any atom is 0.227 e. The highest BCUT2D eigenvalue weighted by Crippen LogP contribution is 2.22. The van der Waals surface area contributed by atoms with Gasteiger partial charge >= 0.3 is 0 Å². The summed E-state index contributed by atoms with van der Waals surface area (Å²) in [6.45, 7) is 5.36. The molecule has 7 heteroatoms. The van der Waals surface area contributed by atoms with Gasteiger partial charge in [0, 0.05) is 50.6 Å². The van der Waals surface area contributed by atoms with Gasteiger partial charge in [-0.25, -0.2) is 4.98 Å². The molecule has 1 aliphatic rings. The first-order valence-electron chi connectivity index (χ1n) is 8.92. The van der Waals surface area contributed by atoms with Gasteiger partial charge in [0.2, 0.25) is 5.95 Å². The average Bonchev–Trinajstić information content (AvgIpc) is 2.66. The second-order valence-electron chi connectivity index (χ2n) is 6.67. The third-order valence-electron chi connectivity index (χ3n) is 4.87. The van der Waals surface area contributed by atoms with Crippen LogP contribution in [0.2, 0.25) is 0 Å². The maximum atomic E-state index is 9.51. The van der Waals surface area contributed by atoms with Crippen molar-refractivity contribution < 1.29 is 9.84 Å². The van der Waals surface area contributed by atoms with E-state index in [4.69, 9.17) is 10.5 Å². The molecule has 1 aromatic carbocycles. The lowest BCUT2D eigenvalue weighted by Gasteiger charge is -2.41. The van der Waals surface area contributed by atoms with Crippen molar-refractivity contribution in [1.29, 1.82) is 0 Å². The van der Waals surface area contributed by atoms with Crippen molar-refractivity contribution in [2.45, 2.75) is 25.9 Å². The van der Waals surface area contributed by atoms with E-state index in [1.807, 2.05) is 19.1 Å². The summed E-state index contributed by atoms with van der Waals surface area (Å²) >= 11 is 0. The van der Waals surface area contributed by atoms with E-state index in [1.54, 1.807) is 13.3 Å². The Morgan fingerprint density at radius 1 is 1.35 bits per heavy atom. The van der Waals surface area contributed by atoms with Gasteiger partial charge in [-0.1, -0.05) is 12.1 Å². The summed E-state index contributed by atoms with van der Waals surface area (Å²) in [6.07, 6.45) is 2.48. The summed E-state index contributed by atoms with van der Waals surface area (Å²) in [5.41, 5.74) is 8.03. The van der Waals surface area contributed by atoms with Crippen LogP contribution < -0.4 is 15.4 Å². The Hall–Kier alpha value is -2.38. The molecule has 0 radical (unpaired) electrons. The molecule has 1 aliphatic heterocycles. The van der Waals surface area contributed by atoms with E-state index in [1.165, 1.54) is 5.56 Å². The van der Waals surface area contributed by atoms with Crippen LogP contribution in [0.1, 0.15) is 17.5 Å². The molecule has 0 amide bonds. The van der Waals surface area contributed by atoms with Crippen LogP contribution >= 0.6 is 0 Å². The highest BCUT2D eigenvalue weighted by molar-refractivity contribution is 5.44. The van der Waals surface area contributed by atoms with Crippen LogP contribution in [-0.4, -0.2) is 59.4 Å². The van der Waals surface area contributed by atoms with E-state index in [9.17, 15) is 5.11 Å². The maximum absolute atomic E-state index is 9.51. The topological polar surface area (TPSA) is 87.7 Å². The van der Waals surface area contributed by atoms with Gasteiger partial charge < -0.3 is 20.5 Å². The predicted octanol–water partition coefficient (Wildman–Crippen LogP) is 1.45. The Kier molecular flexibility index (Phi) is 5.90. The third-order valence-corrected chi connectivity index (χ3v) is 4.87. The minimum absolute atomic E-state index is 0.157. The lowest BCUT2D eigenvalue weighted by atomic mass is 10.1. The van der Waals surface area contributed by atoms with Gasteiger partial charge in [0.15, 0.2) is 0 Å². The van der Waals surface area contributed by atoms with Crippen LogP contribution in [0.15, 0.2) is 30.5 Å². The number of methoxy groups -OCH3 is 1. The van der Waals surface area contributed by atoms with Crippen LogP contribution in [-0.2, 0) is 6.54 Å². The molecular weight excluding hydrogens is 330 g/mol. The minimum atomic E-state index is 0.157. The van der Waals surface area contributed by atoms with Crippen molar-refractivity contribution in [3.8, 4) is 5.75 Å². The number of aliphatic hydroxyl groups excluding tert-OH is 1. The first-order chi connectivity index (χ1) is 12.6. The van der Waals surface area contributed by atoms with E-state index >= 15 is 0 Å². The zero-order chi connectivity index (χ0) is 18.5. The fraction of sp³-hybridized carbons (Fsp3) is 0.474. The summed E-state index contributed by atoms with van der Waals surface area (Å²) in [6, 6.07) is 8.35. The highest BCUT2D eigenvalue weighted by Gasteiger charge is 2.28. The fourth-order valence-corrected chi connectivity index (χ4v) is 3.31. The zero-order valence-electron chi connectivity index (χ0n) is 15.4. The number of nitrogens with zero attached hydrogens (tertiary/aromatic N) is 4. The first-order valence-corrected chi connectivity index (χ1v) is 8.92. The molecule has 1 unspecified atom stereocenters. The van der Waals surface area contributed by atoms with E-state index < -0.39 is 0 Å². The molecule has 7 nitrogen and oxygen atoms in total. The monoisotopic (exact) mass is 357 g/mol. The molecule has 0 bridgehead atoms. The summed E-state index contributed by atoms with van der Waals surface area (Å²) in [4.78, 5) is 13.4. The highest BCUT2D eigenvalue weighted by atomic mass is 16.5. The third kappa shape index (κ3) is 4.23. The molecule has 0 saturated carbocycles. The Morgan fingerprint density at radius 3 is 2.92 bits per heavy atom. The van der Waals surface area contributed by atoms with Crippen molar-refractivity contribution >= 4 is 11.8 Å². The van der Waals surface area contributed by atoms with Crippen LogP contribution in [0.25, 0.3) is 0 Å². The molecule has 26 heavy (non-hydrogen) atoms. The van der Waals surface area contributed by atoms with Crippen LogP contribution in [0, 0.1) is 6.92 Å². The van der Waals surface area contributed by atoms with Gasteiger partial charge in [0.25, 0.3) is 0 Å². The van der Waals surface area contributed by atoms with Crippen LogP contribution in [0.5, 0.6) is 5.75 Å². The van der Waals surface area contributed by atoms with Gasteiger partial charge in [0.1, 0.15) is 11.6 Å². The number of benzene rings is 1. The second kappa shape index (κ2) is 8.33. The number of rotatable bonds is 6. The fourth-order valence-electron chi connectivity index (χ4n) is 3.31. The van der Waals surface area contributed by atoms with E-state index in [2.05, 4.69) is 31.9 Å². The Morgan fingerprint density at radius 2 is 2.19 bits per heavy atom. The number of aliphatic hydroxyl groups is 1. The van der Waals surface area contributed by atoms with Gasteiger partial charge in [-0.15, -0.1) is 0 Å². The van der Waals surface area contributed by atoms with Crippen LogP contribution in [0.4, 0.5) is 11.8 Å². The molecule has 1 aromatic heterocycles. The van der Waals surface area contributed by atoms with Crippen molar-refractivity contribution in [2.24, 2.45) is 0 Å². The van der Waals surface area contributed by atoms with E-state index in [0.29, 0.717) is 18.2 Å². The summed E-state index contributed by atoms with van der Waals surface area (Å²) < 4.78 is 5.32. The largest absolute Gasteiger partial charge is 0.497 e. The average molecular weight is 357 g/mol. The number of hydrogen-bond donors (Lipinski definition) is 2. The number of hydrogen-bond acceptors (Lipinski definition) is 7. The van der Waals surface area contributed by atoms with Gasteiger partial charge in [-0.2, -0.15) is 4.98 Å². The van der Waals surface area contributed by atoms with Crippen molar-refractivity contribution in [2.75, 3.05) is 44.0 Å². The lowest BCUT2D eigenvalue weighted by molar-refractivity contribution is 0.135. The number of nitrogen functional groups attached to an aromatic ring is 1. The molecule has 2 heterocycles. The molecule has 3 N–H and O–H groups in total. The Bertz CT molecular complexity index is 740. The Labute approximate surface area is 154 Å². The number of ether oxygens (including phenoxy) is 1. The number of anilines is 2. The van der Waals surface area contributed by atoms with Gasteiger partial charge in [0.05, 0.1) is 7.11 Å². The molecule has 1 fully saturated rings. The zero-order valence-corrected chi connectivity index (χ0v) is 15.4. The van der Waals surface area contributed by atoms with Crippen LogP contribution in [0.3, 0.4) is 0 Å². The van der Waals surface area contributed by atoms with Crippen molar-refractivity contribution in [3.63, 3.8) is 0 Å². The van der Waals surface area contributed by atoms with E-state index in [0.717, 1.165) is 37.5 Å². The number of aryl methyl sites for hydroxylation is 1. The van der Waals surface area contributed by atoms with Crippen molar-refractivity contribution in [1.82, 2.24) is 14.9 Å². The second-order valence-corrected chi connectivity index (χ2v) is 6.67. The summed E-state index contributed by atoms with van der Waals surface area (Å²) in [5.74, 6) is 2.05. The molecular formula is C19H27N5O2. The summed E-state index contributed by atoms with van der Waals surface area (Å²) in [5, 5.41) is 9.51. The number of nitrogens with two attached hydrogens (primary N) is 1. The summed E-state index contributed by atoms with van der Waals surface area (Å²) in [7, 11) is 1.68. The smallest absolute Gasteiger partial charge is 0.227 e. The van der Waals surface area contributed by atoms with Crippen molar-refractivity contribution in [3.05, 3.63) is 41.6 Å². The number of piperazine rings is 1. The normalized spacial score (nSPS) is 18.1. The molecule has 2 aromatic rings. The Balaban J connectivity index is 1.72. The first kappa shape index (κ1) is 18.4.